The molecule has 0 saturated heterocycles. The summed E-state index contributed by atoms with van der Waals surface area (Å²) in [4.78, 5) is 40.0. The lowest BCUT2D eigenvalue weighted by Crippen LogP contribution is -2.14. The van der Waals surface area contributed by atoms with Gasteiger partial charge in [0.05, 0.1) is 22.7 Å². The highest BCUT2D eigenvalue weighted by Gasteiger charge is 2.19. The van der Waals surface area contributed by atoms with E-state index in [1.165, 1.54) is 22.7 Å². The summed E-state index contributed by atoms with van der Waals surface area (Å²) in [6.45, 7) is 0. The van der Waals surface area contributed by atoms with Gasteiger partial charge in [0.2, 0.25) is 21.2 Å². The van der Waals surface area contributed by atoms with E-state index in [0.29, 0.717) is 30.7 Å². The predicted octanol–water partition coefficient (Wildman–Crippen LogP) is 9.91. The fourth-order valence-electron chi connectivity index (χ4n) is 5.33. The molecule has 0 saturated carbocycles. The summed E-state index contributed by atoms with van der Waals surface area (Å²) in [5, 5.41) is 10.2. The van der Waals surface area contributed by atoms with Crippen molar-refractivity contribution in [2.45, 2.75) is 9.79 Å². The number of ketones is 2. The van der Waals surface area contributed by atoms with Gasteiger partial charge in [0, 0.05) is 20.9 Å². The maximum absolute atomic E-state index is 13.4. The first-order chi connectivity index (χ1) is 26.6. The third kappa shape index (κ3) is 7.87. The summed E-state index contributed by atoms with van der Waals surface area (Å²) in [7, 11) is 3.12. The Hall–Kier alpha value is -5.92. The van der Waals surface area contributed by atoms with E-state index in [4.69, 9.17) is 20.2 Å². The largest absolute Gasteiger partial charge is 0.286 e. The van der Waals surface area contributed by atoms with Gasteiger partial charge in [-0.05, 0) is 48.5 Å². The molecule has 0 radical (unpaired) electrons. The second-order valence-corrected chi connectivity index (χ2v) is 15.7. The van der Waals surface area contributed by atoms with Crippen molar-refractivity contribution < 1.29 is 9.59 Å². The number of benzene rings is 6. The third-order valence-electron chi connectivity index (χ3n) is 7.97. The zero-order chi connectivity index (χ0) is 36.7. The van der Waals surface area contributed by atoms with Gasteiger partial charge in [0.15, 0.2) is 10.0 Å². The number of rotatable bonds is 11. The summed E-state index contributed by atoms with van der Waals surface area (Å²) in [6, 6.07) is 53.5. The van der Waals surface area contributed by atoms with Crippen molar-refractivity contribution >= 4 is 67.2 Å². The summed E-state index contributed by atoms with van der Waals surface area (Å²) >= 11 is 2.51. The molecule has 0 aliphatic carbocycles. The molecule has 0 spiro atoms. The first-order valence-electron chi connectivity index (χ1n) is 16.7. The summed E-state index contributed by atoms with van der Waals surface area (Å²) in [6.07, 6.45) is 0. The zero-order valence-corrected chi connectivity index (χ0v) is 31.6. The molecular weight excluding hydrogens is 749 g/mol. The minimum absolute atomic E-state index is 0.156. The van der Waals surface area contributed by atoms with Crippen LogP contribution in [0.3, 0.4) is 0 Å². The van der Waals surface area contributed by atoms with E-state index >= 15 is 0 Å². The molecule has 2 heterocycles. The first-order valence-corrected chi connectivity index (χ1v) is 20.5. The topological polar surface area (TPSA) is 94.5 Å². The molecule has 8 nitrogen and oxygen atoms in total. The van der Waals surface area contributed by atoms with Crippen LogP contribution in [0.2, 0.25) is 0 Å². The number of hydrogen-bond donors (Lipinski definition) is 0. The zero-order valence-electron chi connectivity index (χ0n) is 28.3. The highest BCUT2D eigenvalue weighted by Crippen LogP contribution is 2.44. The van der Waals surface area contributed by atoms with Gasteiger partial charge < -0.3 is 0 Å². The van der Waals surface area contributed by atoms with Crippen LogP contribution in [0.15, 0.2) is 190 Å². The van der Waals surface area contributed by atoms with Crippen molar-refractivity contribution in [1.82, 2.24) is 19.6 Å². The second kappa shape index (κ2) is 16.4. The summed E-state index contributed by atoms with van der Waals surface area (Å²) < 4.78 is 3.44. The Kier molecular flexibility index (Phi) is 10.7. The SMILES string of the molecule is O=C(c1ccccc1)c1nn(-c2ccccc2)c(=Nc2ccccc2SSc2ccccc2N=c2sc(C(=O)c3ccccc3)nn2-c2ccccc2)s1. The Bertz CT molecular complexity index is 2520. The van der Waals surface area contributed by atoms with Gasteiger partial charge >= 0.3 is 0 Å². The molecule has 0 amide bonds. The average Bonchev–Trinajstić information content (AvgIpc) is 3.86. The molecule has 0 aliphatic heterocycles. The number of para-hydroxylation sites is 4. The third-order valence-corrected chi connectivity index (χ3v) is 12.2. The van der Waals surface area contributed by atoms with Crippen LogP contribution in [0.4, 0.5) is 11.4 Å². The smallest absolute Gasteiger partial charge is 0.223 e. The second-order valence-electron chi connectivity index (χ2n) is 11.6. The molecule has 0 aliphatic rings. The molecule has 0 bridgehead atoms. The van der Waals surface area contributed by atoms with Crippen molar-refractivity contribution in [1.29, 1.82) is 0 Å². The minimum Gasteiger partial charge on any atom is -0.286 e. The normalized spacial score (nSPS) is 11.9. The van der Waals surface area contributed by atoms with Gasteiger partial charge in [-0.25, -0.2) is 19.3 Å². The van der Waals surface area contributed by atoms with Crippen LogP contribution in [-0.4, -0.2) is 31.1 Å². The fraction of sp³-hybridized carbons (Fsp3) is 0. The molecular formula is C42H28N6O2S4. The molecule has 6 aromatic carbocycles. The van der Waals surface area contributed by atoms with Crippen LogP contribution < -0.4 is 9.60 Å². The van der Waals surface area contributed by atoms with Crippen LogP contribution in [-0.2, 0) is 0 Å². The van der Waals surface area contributed by atoms with Gasteiger partial charge in [-0.3, -0.25) is 9.59 Å². The molecule has 54 heavy (non-hydrogen) atoms. The number of nitrogens with zero attached hydrogens (tertiary/aromatic N) is 6. The van der Waals surface area contributed by atoms with Crippen LogP contribution in [0.25, 0.3) is 11.4 Å². The van der Waals surface area contributed by atoms with Gasteiger partial charge in [-0.15, -0.1) is 0 Å². The van der Waals surface area contributed by atoms with Crippen molar-refractivity contribution in [3.8, 4) is 11.4 Å². The van der Waals surface area contributed by atoms with Crippen LogP contribution in [0.1, 0.15) is 30.7 Å². The molecule has 12 heteroatoms. The van der Waals surface area contributed by atoms with E-state index in [0.717, 1.165) is 32.5 Å². The highest BCUT2D eigenvalue weighted by atomic mass is 33.1. The summed E-state index contributed by atoms with van der Waals surface area (Å²) in [5.74, 6) is -0.312. The molecule has 0 N–H and O–H groups in total. The van der Waals surface area contributed by atoms with Gasteiger partial charge in [-0.2, -0.15) is 10.2 Å². The molecule has 8 rings (SSSR count). The molecule has 2 aromatic heterocycles. The standard InChI is InChI=1S/C42H28N6O2S4/c49-37(29-17-5-1-6-18-29)39-45-47(31-21-9-3-10-22-31)41(51-39)43-33-25-13-15-27-35(33)53-54-36-28-16-14-26-34(36)44-42-48(32-23-11-4-12-24-32)46-40(52-42)38(50)30-19-7-2-8-20-30/h1-28H. The van der Waals surface area contributed by atoms with E-state index in [1.807, 2.05) is 146 Å². The highest BCUT2D eigenvalue weighted by molar-refractivity contribution is 8.76. The number of aromatic nitrogens is 4. The van der Waals surface area contributed by atoms with Gasteiger partial charge in [0.1, 0.15) is 0 Å². The lowest BCUT2D eigenvalue weighted by Gasteiger charge is -2.07. The Labute approximate surface area is 326 Å². The quantitative estimate of drug-likeness (QED) is 0.0959. The van der Waals surface area contributed by atoms with E-state index < -0.39 is 0 Å². The van der Waals surface area contributed by atoms with Gasteiger partial charge in [0.25, 0.3) is 0 Å². The molecule has 0 unspecified atom stereocenters. The van der Waals surface area contributed by atoms with Crippen molar-refractivity contribution in [3.63, 3.8) is 0 Å². The van der Waals surface area contributed by atoms with E-state index in [9.17, 15) is 9.59 Å². The molecule has 0 fully saturated rings. The van der Waals surface area contributed by atoms with Crippen LogP contribution in [0.5, 0.6) is 0 Å². The number of carbonyl (C=O) groups excluding carboxylic acids is 2. The monoisotopic (exact) mass is 776 g/mol. The lowest BCUT2D eigenvalue weighted by atomic mass is 10.1. The Balaban J connectivity index is 1.14. The summed E-state index contributed by atoms with van der Waals surface area (Å²) in [5.41, 5.74) is 4.23. The van der Waals surface area contributed by atoms with Crippen molar-refractivity contribution in [3.05, 3.63) is 201 Å². The predicted molar refractivity (Wildman–Crippen MR) is 218 cm³/mol. The first kappa shape index (κ1) is 35.1. The number of hydrogen-bond acceptors (Lipinski definition) is 10. The molecule has 0 atom stereocenters. The maximum atomic E-state index is 13.4. The number of carbonyl (C=O) groups is 2. The van der Waals surface area contributed by atoms with Crippen LogP contribution >= 0.6 is 44.3 Å². The van der Waals surface area contributed by atoms with Gasteiger partial charge in [-0.1, -0.05) is 166 Å². The minimum atomic E-state index is -0.156. The van der Waals surface area contributed by atoms with Crippen molar-refractivity contribution in [2.75, 3.05) is 0 Å². The maximum Gasteiger partial charge on any atom is 0.223 e. The Morgan fingerprint density at radius 1 is 0.444 bits per heavy atom. The van der Waals surface area contributed by atoms with E-state index in [-0.39, 0.29) is 11.6 Å². The fourth-order valence-corrected chi connectivity index (χ4v) is 9.32. The Morgan fingerprint density at radius 2 is 0.778 bits per heavy atom. The Morgan fingerprint density at radius 3 is 1.17 bits per heavy atom. The lowest BCUT2D eigenvalue weighted by molar-refractivity contribution is 0.102. The molecule has 262 valence electrons. The molecule has 8 aromatic rings. The van der Waals surface area contributed by atoms with Crippen molar-refractivity contribution in [2.24, 2.45) is 9.98 Å². The van der Waals surface area contributed by atoms with E-state index in [2.05, 4.69) is 0 Å². The average molecular weight is 777 g/mol. The van der Waals surface area contributed by atoms with E-state index in [1.54, 1.807) is 55.2 Å². The van der Waals surface area contributed by atoms with Crippen LogP contribution in [0, 0.1) is 0 Å².